The number of carbonyl (C=O) groups excluding carboxylic acids is 1. The fourth-order valence-electron chi connectivity index (χ4n) is 3.42. The van der Waals surface area contributed by atoms with Crippen molar-refractivity contribution in [1.29, 1.82) is 0 Å². The number of carbonyl (C=O) groups is 1. The maximum Gasteiger partial charge on any atom is 0.256 e. The second-order valence-corrected chi connectivity index (χ2v) is 6.51. The topological polar surface area (TPSA) is 56.0 Å². The van der Waals surface area contributed by atoms with Gasteiger partial charge in [0.2, 0.25) is 0 Å². The zero-order valence-electron chi connectivity index (χ0n) is 14.2. The van der Waals surface area contributed by atoms with Crippen molar-refractivity contribution in [3.63, 3.8) is 0 Å². The zero-order chi connectivity index (χ0) is 17.2. The number of likely N-dealkylation sites (tertiary alicyclic amines) is 1. The van der Waals surface area contributed by atoms with Crippen LogP contribution in [0.1, 0.15) is 34.8 Å². The summed E-state index contributed by atoms with van der Waals surface area (Å²) in [7, 11) is 0. The molecule has 1 aliphatic rings. The highest BCUT2D eigenvalue weighted by Gasteiger charge is 2.27. The van der Waals surface area contributed by atoms with Crippen molar-refractivity contribution in [3.05, 3.63) is 66.2 Å². The van der Waals surface area contributed by atoms with Crippen LogP contribution in [0.4, 0.5) is 0 Å². The summed E-state index contributed by atoms with van der Waals surface area (Å²) >= 11 is 0. The highest BCUT2D eigenvalue weighted by molar-refractivity contribution is 5.97. The Bertz CT molecular complexity index is 868. The van der Waals surface area contributed by atoms with Crippen molar-refractivity contribution >= 4 is 5.91 Å². The number of aromatic nitrogens is 4. The summed E-state index contributed by atoms with van der Waals surface area (Å²) in [5.74, 6) is 0.0553. The van der Waals surface area contributed by atoms with Gasteiger partial charge in [-0.05, 0) is 43.5 Å². The molecule has 1 atom stereocenters. The van der Waals surface area contributed by atoms with E-state index >= 15 is 0 Å². The fraction of sp³-hybridized carbons (Fsp3) is 0.316. The first-order chi connectivity index (χ1) is 12.2. The van der Waals surface area contributed by atoms with Gasteiger partial charge in [0.15, 0.2) is 0 Å². The van der Waals surface area contributed by atoms with Crippen LogP contribution in [-0.2, 0) is 0 Å². The average Bonchev–Trinajstić information content (AvgIpc) is 3.33. The Morgan fingerprint density at radius 1 is 1.20 bits per heavy atom. The van der Waals surface area contributed by atoms with Gasteiger partial charge < -0.3 is 4.90 Å². The summed E-state index contributed by atoms with van der Waals surface area (Å²) in [4.78, 5) is 15.1. The maximum atomic E-state index is 13.2. The molecule has 6 nitrogen and oxygen atoms in total. The van der Waals surface area contributed by atoms with Gasteiger partial charge in [0, 0.05) is 31.7 Å². The Kier molecular flexibility index (Phi) is 4.09. The van der Waals surface area contributed by atoms with E-state index in [-0.39, 0.29) is 11.9 Å². The lowest BCUT2D eigenvalue weighted by Crippen LogP contribution is -2.41. The van der Waals surface area contributed by atoms with Crippen molar-refractivity contribution in [3.8, 4) is 5.69 Å². The van der Waals surface area contributed by atoms with Crippen LogP contribution in [-0.4, -0.2) is 43.5 Å². The summed E-state index contributed by atoms with van der Waals surface area (Å²) in [5, 5.41) is 8.70. The number of nitrogens with zero attached hydrogens (tertiary/aromatic N) is 5. The van der Waals surface area contributed by atoms with Crippen LogP contribution in [0.5, 0.6) is 0 Å². The quantitative estimate of drug-likeness (QED) is 0.739. The van der Waals surface area contributed by atoms with Crippen LogP contribution in [0, 0.1) is 6.92 Å². The van der Waals surface area contributed by atoms with Crippen LogP contribution < -0.4 is 0 Å². The molecule has 1 aliphatic heterocycles. The highest BCUT2D eigenvalue weighted by Crippen LogP contribution is 2.24. The lowest BCUT2D eigenvalue weighted by Gasteiger charge is -2.33. The molecular formula is C19H21N5O. The van der Waals surface area contributed by atoms with Crippen LogP contribution >= 0.6 is 0 Å². The van der Waals surface area contributed by atoms with Crippen LogP contribution in [0.25, 0.3) is 5.69 Å². The molecule has 1 fully saturated rings. The molecule has 25 heavy (non-hydrogen) atoms. The molecule has 6 heteroatoms. The van der Waals surface area contributed by atoms with E-state index in [0.29, 0.717) is 12.1 Å². The van der Waals surface area contributed by atoms with E-state index in [2.05, 4.69) is 16.4 Å². The lowest BCUT2D eigenvalue weighted by molar-refractivity contribution is 0.0673. The van der Waals surface area contributed by atoms with Gasteiger partial charge in [-0.3, -0.25) is 9.48 Å². The molecule has 4 rings (SSSR count). The summed E-state index contributed by atoms with van der Waals surface area (Å²) < 4.78 is 3.74. The molecule has 0 bridgehead atoms. The molecule has 2 aromatic heterocycles. The molecule has 0 saturated carbocycles. The van der Waals surface area contributed by atoms with E-state index in [1.807, 2.05) is 59.2 Å². The normalized spacial score (nSPS) is 17.6. The molecule has 0 unspecified atom stereocenters. The number of amides is 1. The molecular weight excluding hydrogens is 314 g/mol. The second-order valence-electron chi connectivity index (χ2n) is 6.51. The Hall–Kier alpha value is -2.89. The third-order valence-electron chi connectivity index (χ3n) is 4.67. The Labute approximate surface area is 146 Å². The molecule has 1 aromatic carbocycles. The number of rotatable bonds is 3. The average molecular weight is 335 g/mol. The minimum absolute atomic E-state index is 0.0553. The minimum Gasteiger partial charge on any atom is -0.336 e. The van der Waals surface area contributed by atoms with Gasteiger partial charge in [0.05, 0.1) is 23.5 Å². The van der Waals surface area contributed by atoms with E-state index in [1.54, 1.807) is 10.9 Å². The largest absolute Gasteiger partial charge is 0.336 e. The minimum atomic E-state index is 0.0553. The van der Waals surface area contributed by atoms with Crippen molar-refractivity contribution < 1.29 is 4.79 Å². The van der Waals surface area contributed by atoms with Crippen LogP contribution in [0.2, 0.25) is 0 Å². The summed E-state index contributed by atoms with van der Waals surface area (Å²) in [5.41, 5.74) is 2.64. The molecule has 0 radical (unpaired) electrons. The van der Waals surface area contributed by atoms with Crippen molar-refractivity contribution in [2.45, 2.75) is 25.8 Å². The molecule has 3 aromatic rings. The first-order valence-electron chi connectivity index (χ1n) is 8.61. The molecule has 1 amide bonds. The van der Waals surface area contributed by atoms with E-state index in [9.17, 15) is 4.79 Å². The molecule has 3 heterocycles. The third kappa shape index (κ3) is 3.07. The molecule has 0 N–H and O–H groups in total. The number of para-hydroxylation sites is 1. The van der Waals surface area contributed by atoms with E-state index in [1.165, 1.54) is 0 Å². The van der Waals surface area contributed by atoms with Gasteiger partial charge in [-0.1, -0.05) is 12.1 Å². The van der Waals surface area contributed by atoms with E-state index < -0.39 is 0 Å². The Morgan fingerprint density at radius 2 is 2.08 bits per heavy atom. The van der Waals surface area contributed by atoms with Crippen molar-refractivity contribution in [2.75, 3.05) is 13.1 Å². The number of hydrogen-bond donors (Lipinski definition) is 0. The molecule has 1 saturated heterocycles. The SMILES string of the molecule is Cc1cnn([C@H]2CCCN(C(=O)c3ccccc3-n3cccn3)C2)c1. The Balaban J connectivity index is 1.59. The molecule has 128 valence electrons. The Morgan fingerprint density at radius 3 is 2.84 bits per heavy atom. The van der Waals surface area contributed by atoms with Gasteiger partial charge in [-0.2, -0.15) is 10.2 Å². The summed E-state index contributed by atoms with van der Waals surface area (Å²) in [6.45, 7) is 3.51. The van der Waals surface area contributed by atoms with Crippen LogP contribution in [0.15, 0.2) is 55.1 Å². The van der Waals surface area contributed by atoms with E-state index in [0.717, 1.165) is 30.6 Å². The van der Waals surface area contributed by atoms with Crippen molar-refractivity contribution in [2.24, 2.45) is 0 Å². The first kappa shape index (κ1) is 15.6. The smallest absolute Gasteiger partial charge is 0.256 e. The zero-order valence-corrected chi connectivity index (χ0v) is 14.2. The van der Waals surface area contributed by atoms with Gasteiger partial charge in [0.25, 0.3) is 5.91 Å². The predicted octanol–water partition coefficient (Wildman–Crippen LogP) is 2.85. The van der Waals surface area contributed by atoms with Crippen LogP contribution in [0.3, 0.4) is 0 Å². The number of piperidine rings is 1. The monoisotopic (exact) mass is 335 g/mol. The third-order valence-corrected chi connectivity index (χ3v) is 4.67. The molecule has 0 aliphatic carbocycles. The fourth-order valence-corrected chi connectivity index (χ4v) is 3.42. The number of hydrogen-bond acceptors (Lipinski definition) is 3. The number of aryl methyl sites for hydroxylation is 1. The van der Waals surface area contributed by atoms with Gasteiger partial charge in [-0.25, -0.2) is 4.68 Å². The number of benzene rings is 1. The first-order valence-corrected chi connectivity index (χ1v) is 8.61. The standard InChI is InChI=1S/C19H21N5O/c1-15-12-21-24(13-15)16-6-4-10-22(14-16)19(25)17-7-2-3-8-18(17)23-11-5-9-20-23/h2-3,5,7-9,11-13,16H,4,6,10,14H2,1H3/t16-/m0/s1. The maximum absolute atomic E-state index is 13.2. The summed E-state index contributed by atoms with van der Waals surface area (Å²) in [6, 6.07) is 9.73. The second kappa shape index (κ2) is 6.55. The van der Waals surface area contributed by atoms with Gasteiger partial charge in [0.1, 0.15) is 0 Å². The highest BCUT2D eigenvalue weighted by atomic mass is 16.2. The van der Waals surface area contributed by atoms with Gasteiger partial charge >= 0.3 is 0 Å². The molecule has 0 spiro atoms. The van der Waals surface area contributed by atoms with E-state index in [4.69, 9.17) is 0 Å². The predicted molar refractivity (Wildman–Crippen MR) is 94.7 cm³/mol. The lowest BCUT2D eigenvalue weighted by atomic mass is 10.0. The van der Waals surface area contributed by atoms with Gasteiger partial charge in [-0.15, -0.1) is 0 Å². The summed E-state index contributed by atoms with van der Waals surface area (Å²) in [6.07, 6.45) is 9.53. The van der Waals surface area contributed by atoms with Crippen molar-refractivity contribution in [1.82, 2.24) is 24.5 Å².